The Morgan fingerprint density at radius 3 is 2.09 bits per heavy atom. The normalized spacial score (nSPS) is 27.4. The molecule has 1 aliphatic carbocycles. The lowest BCUT2D eigenvalue weighted by atomic mass is 9.92. The van der Waals surface area contributed by atoms with Crippen LogP contribution in [0, 0.1) is 4.91 Å². The molecule has 2 heterocycles. The van der Waals surface area contributed by atoms with Crippen molar-refractivity contribution in [1.29, 1.82) is 0 Å². The summed E-state index contributed by atoms with van der Waals surface area (Å²) in [5.74, 6) is 0. The molecule has 132 valence electrons. The van der Waals surface area contributed by atoms with Crippen molar-refractivity contribution in [2.24, 2.45) is 5.29 Å². The molecule has 3 fully saturated rings. The SMILES string of the molecule is CN1CCC(N2CCC(N(NN=O)C3CCCCC3)CC2)CC1. The van der Waals surface area contributed by atoms with Gasteiger partial charge in [-0.15, -0.1) is 4.91 Å². The van der Waals surface area contributed by atoms with Crippen molar-refractivity contribution in [1.82, 2.24) is 20.3 Å². The minimum Gasteiger partial charge on any atom is -0.306 e. The molecule has 0 aromatic heterocycles. The Labute approximate surface area is 140 Å². The van der Waals surface area contributed by atoms with E-state index in [1.54, 1.807) is 0 Å². The molecule has 0 amide bonds. The van der Waals surface area contributed by atoms with E-state index in [1.165, 1.54) is 71.1 Å². The number of piperidine rings is 2. The number of likely N-dealkylation sites (tertiary alicyclic amines) is 2. The summed E-state index contributed by atoms with van der Waals surface area (Å²) in [6.07, 6.45) is 11.3. The zero-order valence-corrected chi connectivity index (χ0v) is 14.6. The lowest BCUT2D eigenvalue weighted by molar-refractivity contribution is 0.000238. The molecule has 6 nitrogen and oxygen atoms in total. The van der Waals surface area contributed by atoms with Crippen LogP contribution in [0.15, 0.2) is 5.29 Å². The second-order valence-electron chi connectivity index (χ2n) is 7.69. The molecule has 0 spiro atoms. The van der Waals surface area contributed by atoms with Crippen molar-refractivity contribution in [3.63, 3.8) is 0 Å². The summed E-state index contributed by atoms with van der Waals surface area (Å²) >= 11 is 0. The first-order valence-corrected chi connectivity index (χ1v) is 9.57. The Hall–Kier alpha value is -0.720. The van der Waals surface area contributed by atoms with Crippen LogP contribution in [-0.4, -0.2) is 66.2 Å². The van der Waals surface area contributed by atoms with Gasteiger partial charge in [0, 0.05) is 18.1 Å². The molecule has 3 rings (SSSR count). The standard InChI is InChI=1S/C17H33N5O/c1-20-11-7-15(8-12-20)21-13-9-17(10-14-21)22(18-19-23)16-5-3-2-4-6-16/h15-17H,2-14H2,1H3,(H,18,23). The van der Waals surface area contributed by atoms with E-state index < -0.39 is 0 Å². The van der Waals surface area contributed by atoms with Crippen LogP contribution in [0.3, 0.4) is 0 Å². The second kappa shape index (κ2) is 8.40. The third kappa shape index (κ3) is 4.43. The van der Waals surface area contributed by atoms with Gasteiger partial charge in [-0.3, -0.25) is 0 Å². The summed E-state index contributed by atoms with van der Waals surface area (Å²) in [5.41, 5.74) is 2.80. The van der Waals surface area contributed by atoms with Crippen molar-refractivity contribution in [3.8, 4) is 0 Å². The van der Waals surface area contributed by atoms with Crippen molar-refractivity contribution in [3.05, 3.63) is 4.91 Å². The Morgan fingerprint density at radius 1 is 0.870 bits per heavy atom. The van der Waals surface area contributed by atoms with Gasteiger partial charge in [0.05, 0.1) is 5.29 Å². The molecule has 2 saturated heterocycles. The lowest BCUT2D eigenvalue weighted by Gasteiger charge is -2.45. The van der Waals surface area contributed by atoms with Crippen molar-refractivity contribution in [2.75, 3.05) is 33.2 Å². The molecule has 3 aliphatic rings. The van der Waals surface area contributed by atoms with Crippen molar-refractivity contribution < 1.29 is 0 Å². The van der Waals surface area contributed by atoms with Crippen LogP contribution in [0.1, 0.15) is 57.8 Å². The van der Waals surface area contributed by atoms with E-state index in [1.807, 2.05) is 0 Å². The van der Waals surface area contributed by atoms with Gasteiger partial charge in [0.15, 0.2) is 0 Å². The fourth-order valence-corrected chi connectivity index (χ4v) is 4.76. The minimum atomic E-state index is 0.471. The van der Waals surface area contributed by atoms with Gasteiger partial charge in [-0.1, -0.05) is 19.3 Å². The fraction of sp³-hybridized carbons (Fsp3) is 1.00. The first-order chi connectivity index (χ1) is 11.3. The van der Waals surface area contributed by atoms with E-state index in [2.05, 4.69) is 32.7 Å². The first kappa shape index (κ1) is 17.1. The topological polar surface area (TPSA) is 51.2 Å². The maximum Gasteiger partial charge on any atom is 0.0658 e. The number of nitrogens with zero attached hydrogens (tertiary/aromatic N) is 4. The highest BCUT2D eigenvalue weighted by atomic mass is 16.3. The average molecular weight is 323 g/mol. The number of hydrazine groups is 1. The largest absolute Gasteiger partial charge is 0.306 e. The van der Waals surface area contributed by atoms with E-state index in [0.29, 0.717) is 12.1 Å². The van der Waals surface area contributed by atoms with Gasteiger partial charge >= 0.3 is 0 Å². The lowest BCUT2D eigenvalue weighted by Crippen LogP contribution is -2.56. The van der Waals surface area contributed by atoms with Gasteiger partial charge in [0.2, 0.25) is 0 Å². The Kier molecular flexibility index (Phi) is 6.25. The quantitative estimate of drug-likeness (QED) is 0.622. The highest BCUT2D eigenvalue weighted by Gasteiger charge is 2.33. The van der Waals surface area contributed by atoms with E-state index in [-0.39, 0.29) is 0 Å². The van der Waals surface area contributed by atoms with Crippen LogP contribution in [-0.2, 0) is 0 Å². The summed E-state index contributed by atoms with van der Waals surface area (Å²) in [6, 6.07) is 1.74. The zero-order valence-electron chi connectivity index (χ0n) is 14.6. The zero-order chi connectivity index (χ0) is 16.1. The van der Waals surface area contributed by atoms with Crippen LogP contribution >= 0.6 is 0 Å². The molecule has 0 atom stereocenters. The molecule has 0 radical (unpaired) electrons. The van der Waals surface area contributed by atoms with E-state index in [4.69, 9.17) is 0 Å². The highest BCUT2D eigenvalue weighted by molar-refractivity contribution is 4.87. The predicted molar refractivity (Wildman–Crippen MR) is 92.8 cm³/mol. The second-order valence-corrected chi connectivity index (χ2v) is 7.69. The fourth-order valence-electron chi connectivity index (χ4n) is 4.76. The third-order valence-electron chi connectivity index (χ3n) is 6.22. The molecule has 0 aromatic rings. The summed E-state index contributed by atoms with van der Waals surface area (Å²) in [5, 5.41) is 5.22. The molecule has 1 saturated carbocycles. The van der Waals surface area contributed by atoms with Gasteiger partial charge in [0.25, 0.3) is 0 Å². The molecular formula is C17H33N5O. The van der Waals surface area contributed by atoms with E-state index >= 15 is 0 Å². The molecule has 6 heteroatoms. The van der Waals surface area contributed by atoms with Crippen LogP contribution < -0.4 is 5.53 Å². The predicted octanol–water partition coefficient (Wildman–Crippen LogP) is 2.37. The Balaban J connectivity index is 1.50. The van der Waals surface area contributed by atoms with Gasteiger partial charge in [-0.2, -0.15) is 5.01 Å². The number of hydrogen-bond donors (Lipinski definition) is 1. The van der Waals surface area contributed by atoms with E-state index in [9.17, 15) is 4.91 Å². The van der Waals surface area contributed by atoms with E-state index in [0.717, 1.165) is 18.9 Å². The van der Waals surface area contributed by atoms with Crippen LogP contribution in [0.4, 0.5) is 0 Å². The van der Waals surface area contributed by atoms with Gasteiger partial charge in [-0.05, 0) is 71.8 Å². The summed E-state index contributed by atoms with van der Waals surface area (Å²) in [7, 11) is 2.22. The molecule has 0 aromatic carbocycles. The smallest absolute Gasteiger partial charge is 0.0658 e. The molecule has 23 heavy (non-hydrogen) atoms. The number of nitroso groups, excluding NO2 is 1. The Bertz CT molecular complexity index is 358. The molecule has 0 unspecified atom stereocenters. The van der Waals surface area contributed by atoms with Gasteiger partial charge < -0.3 is 9.80 Å². The first-order valence-electron chi connectivity index (χ1n) is 9.57. The van der Waals surface area contributed by atoms with Crippen molar-refractivity contribution >= 4 is 0 Å². The maximum atomic E-state index is 10.8. The van der Waals surface area contributed by atoms with Crippen LogP contribution in [0.25, 0.3) is 0 Å². The number of nitrogens with one attached hydrogen (secondary N) is 1. The third-order valence-corrected chi connectivity index (χ3v) is 6.22. The minimum absolute atomic E-state index is 0.471. The summed E-state index contributed by atoms with van der Waals surface area (Å²) in [6.45, 7) is 4.80. The van der Waals surface area contributed by atoms with Gasteiger partial charge in [0.1, 0.15) is 0 Å². The number of rotatable bonds is 5. The van der Waals surface area contributed by atoms with Crippen LogP contribution in [0.5, 0.6) is 0 Å². The molecule has 1 N–H and O–H groups in total. The average Bonchev–Trinajstić information content (AvgIpc) is 2.61. The molecule has 2 aliphatic heterocycles. The summed E-state index contributed by atoms with van der Waals surface area (Å²) in [4.78, 5) is 16.0. The van der Waals surface area contributed by atoms with Crippen molar-refractivity contribution in [2.45, 2.75) is 75.9 Å². The molecule has 0 bridgehead atoms. The monoisotopic (exact) mass is 323 g/mol. The van der Waals surface area contributed by atoms with Gasteiger partial charge in [-0.25, -0.2) is 5.53 Å². The maximum absolute atomic E-state index is 10.8. The summed E-state index contributed by atoms with van der Waals surface area (Å²) < 4.78 is 0. The number of hydrogen-bond acceptors (Lipinski definition) is 5. The van der Waals surface area contributed by atoms with Crippen LogP contribution in [0.2, 0.25) is 0 Å². The Morgan fingerprint density at radius 2 is 1.48 bits per heavy atom. The molecular weight excluding hydrogens is 290 g/mol. The highest BCUT2D eigenvalue weighted by Crippen LogP contribution is 2.28.